The van der Waals surface area contributed by atoms with Gasteiger partial charge in [-0.2, -0.15) is 0 Å². The van der Waals surface area contributed by atoms with Crippen molar-refractivity contribution in [3.63, 3.8) is 0 Å². The molecule has 6 aromatic carbocycles. The number of fused-ring (bicyclic) bond motifs is 7. The molecule has 8 aromatic rings. The van der Waals surface area contributed by atoms with E-state index >= 15 is 0 Å². The van der Waals surface area contributed by atoms with E-state index < -0.39 is 0 Å². The zero-order valence-corrected chi connectivity index (χ0v) is 33.2. The number of allylic oxidation sites excluding steroid dienone is 6. The van der Waals surface area contributed by atoms with E-state index in [1.807, 2.05) is 47.7 Å². The Labute approximate surface area is 342 Å². The van der Waals surface area contributed by atoms with Crippen LogP contribution >= 0.6 is 11.3 Å². The quantitative estimate of drug-likeness (QED) is 0.169. The van der Waals surface area contributed by atoms with E-state index in [-0.39, 0.29) is 5.54 Å². The molecular formula is C53H40N4S. The molecule has 0 saturated carbocycles. The van der Waals surface area contributed by atoms with Crippen LogP contribution in [0.1, 0.15) is 37.8 Å². The summed E-state index contributed by atoms with van der Waals surface area (Å²) in [6.07, 6.45) is 15.8. The number of aromatic nitrogens is 3. The van der Waals surface area contributed by atoms with Gasteiger partial charge in [-0.15, -0.1) is 11.3 Å². The molecule has 3 aliphatic rings. The third-order valence-electron chi connectivity index (χ3n) is 12.0. The third-order valence-corrected chi connectivity index (χ3v) is 13.2. The third kappa shape index (κ3) is 5.60. The van der Waals surface area contributed by atoms with E-state index in [0.29, 0.717) is 23.4 Å². The Morgan fingerprint density at radius 3 is 2.05 bits per heavy atom. The molecule has 2 aliphatic carbocycles. The lowest BCUT2D eigenvalue weighted by molar-refractivity contribution is 0.608. The van der Waals surface area contributed by atoms with Gasteiger partial charge in [0.2, 0.25) is 0 Å². The molecule has 2 unspecified atom stereocenters. The van der Waals surface area contributed by atoms with E-state index in [4.69, 9.17) is 15.0 Å². The fourth-order valence-corrected chi connectivity index (χ4v) is 10.5. The highest BCUT2D eigenvalue weighted by Gasteiger charge is 2.46. The van der Waals surface area contributed by atoms with Gasteiger partial charge in [0.1, 0.15) is 0 Å². The monoisotopic (exact) mass is 764 g/mol. The first kappa shape index (κ1) is 34.5. The SMILES string of the molecule is CC1C=C(c2ccc(-c3cccc4sc5c6c(ccc5c34)C3=CC=CCC3(C)N6c3ccccc3)c(-c3nc(-c4ccccc4)nc(-c4ccccc4)n3)c2)C=CC1. The number of hydrogen-bond acceptors (Lipinski definition) is 5. The number of hydrogen-bond donors (Lipinski definition) is 0. The van der Waals surface area contributed by atoms with Crippen LogP contribution in [0.25, 0.3) is 76.6 Å². The van der Waals surface area contributed by atoms with E-state index in [2.05, 4.69) is 158 Å². The van der Waals surface area contributed by atoms with Gasteiger partial charge in [-0.25, -0.2) is 15.0 Å². The van der Waals surface area contributed by atoms with Crippen molar-refractivity contribution in [2.75, 3.05) is 4.90 Å². The van der Waals surface area contributed by atoms with Crippen LogP contribution in [0.2, 0.25) is 0 Å². The first-order chi connectivity index (χ1) is 28.5. The average Bonchev–Trinajstić information content (AvgIpc) is 3.80. The van der Waals surface area contributed by atoms with E-state index in [9.17, 15) is 0 Å². The van der Waals surface area contributed by atoms with Gasteiger partial charge < -0.3 is 4.90 Å². The molecule has 1 aliphatic heterocycles. The first-order valence-corrected chi connectivity index (χ1v) is 21.0. The summed E-state index contributed by atoms with van der Waals surface area (Å²) in [6.45, 7) is 4.68. The summed E-state index contributed by atoms with van der Waals surface area (Å²) in [5, 5.41) is 2.52. The summed E-state index contributed by atoms with van der Waals surface area (Å²) in [6, 6.07) is 49.8. The fourth-order valence-electron chi connectivity index (χ4n) is 9.22. The lowest BCUT2D eigenvalue weighted by Crippen LogP contribution is -2.40. The zero-order chi connectivity index (χ0) is 38.8. The minimum Gasteiger partial charge on any atom is -0.329 e. The van der Waals surface area contributed by atoms with E-state index in [0.717, 1.165) is 40.7 Å². The molecule has 0 radical (unpaired) electrons. The molecule has 2 atom stereocenters. The van der Waals surface area contributed by atoms with Crippen molar-refractivity contribution < 1.29 is 0 Å². The predicted octanol–water partition coefficient (Wildman–Crippen LogP) is 14.1. The minimum absolute atomic E-state index is 0.180. The number of anilines is 2. The summed E-state index contributed by atoms with van der Waals surface area (Å²) in [5.74, 6) is 2.43. The normalized spacial score (nSPS) is 18.3. The van der Waals surface area contributed by atoms with Crippen LogP contribution < -0.4 is 4.90 Å². The van der Waals surface area contributed by atoms with Crippen LogP contribution in [0.5, 0.6) is 0 Å². The molecule has 4 nitrogen and oxygen atoms in total. The van der Waals surface area contributed by atoms with Gasteiger partial charge in [-0.1, -0.05) is 159 Å². The van der Waals surface area contributed by atoms with Crippen LogP contribution in [-0.4, -0.2) is 20.5 Å². The number of nitrogens with zero attached hydrogens (tertiary/aromatic N) is 4. The second-order valence-electron chi connectivity index (χ2n) is 15.8. The Morgan fingerprint density at radius 1 is 0.638 bits per heavy atom. The Bertz CT molecular complexity index is 2970. The van der Waals surface area contributed by atoms with Crippen LogP contribution in [-0.2, 0) is 0 Å². The highest BCUT2D eigenvalue weighted by Crippen LogP contribution is 2.58. The average molecular weight is 765 g/mol. The molecule has 3 heterocycles. The predicted molar refractivity (Wildman–Crippen MR) is 244 cm³/mol. The molecule has 11 rings (SSSR count). The van der Waals surface area contributed by atoms with Crippen molar-refractivity contribution >= 4 is 54.0 Å². The standard InChI is InChI=1S/C53H40N4S/c1-34-16-14-21-37(32-34)38-27-28-40(44(33-38)52-55-50(35-17-6-3-7-18-35)54-51(56-52)36-19-8-4-9-20-36)41-24-15-26-46-47(41)43-30-29-42-45-25-12-13-31-53(45,2)57(48(42)49(43)58-46)39-22-10-5-11-23-39/h3-15,17-30,32-34H,16,31H2,1-2H3. The largest absolute Gasteiger partial charge is 0.329 e. The van der Waals surface area contributed by atoms with Crippen LogP contribution in [0.15, 0.2) is 176 Å². The summed E-state index contributed by atoms with van der Waals surface area (Å²) in [5.41, 5.74) is 12.6. The first-order valence-electron chi connectivity index (χ1n) is 20.2. The van der Waals surface area contributed by atoms with Gasteiger partial charge in [0.05, 0.1) is 15.9 Å². The van der Waals surface area contributed by atoms with Crippen molar-refractivity contribution in [1.29, 1.82) is 0 Å². The van der Waals surface area contributed by atoms with Gasteiger partial charge >= 0.3 is 0 Å². The number of thiophene rings is 1. The van der Waals surface area contributed by atoms with Gasteiger partial charge in [0.25, 0.3) is 0 Å². The van der Waals surface area contributed by atoms with E-state index in [1.54, 1.807) is 0 Å². The second kappa shape index (κ2) is 13.8. The second-order valence-corrected chi connectivity index (χ2v) is 16.9. The number of benzene rings is 6. The smallest absolute Gasteiger partial charge is 0.164 e. The Balaban J connectivity index is 1.17. The molecule has 5 heteroatoms. The van der Waals surface area contributed by atoms with E-state index in [1.165, 1.54) is 53.8 Å². The summed E-state index contributed by atoms with van der Waals surface area (Å²) in [7, 11) is 0. The van der Waals surface area contributed by atoms with Gasteiger partial charge in [-0.3, -0.25) is 0 Å². The molecular weight excluding hydrogens is 725 g/mol. The van der Waals surface area contributed by atoms with Crippen molar-refractivity contribution in [2.24, 2.45) is 5.92 Å². The lowest BCUT2D eigenvalue weighted by Gasteiger charge is -2.39. The Morgan fingerprint density at radius 2 is 1.33 bits per heavy atom. The van der Waals surface area contributed by atoms with Crippen LogP contribution in [0.4, 0.5) is 11.4 Å². The fraction of sp³-hybridized carbons (Fsp3) is 0.113. The number of rotatable bonds is 6. The van der Waals surface area contributed by atoms with Gasteiger partial charge in [0.15, 0.2) is 17.5 Å². The molecule has 2 aromatic heterocycles. The molecule has 0 spiro atoms. The lowest BCUT2D eigenvalue weighted by atomic mass is 9.83. The summed E-state index contributed by atoms with van der Waals surface area (Å²) >= 11 is 1.90. The maximum Gasteiger partial charge on any atom is 0.164 e. The Kier molecular flexibility index (Phi) is 8.19. The van der Waals surface area contributed by atoms with Crippen molar-refractivity contribution in [1.82, 2.24) is 15.0 Å². The maximum absolute atomic E-state index is 5.28. The molecule has 0 bridgehead atoms. The molecule has 278 valence electrons. The van der Waals surface area contributed by atoms with Crippen molar-refractivity contribution in [3.8, 4) is 45.3 Å². The van der Waals surface area contributed by atoms with Crippen molar-refractivity contribution in [3.05, 3.63) is 187 Å². The van der Waals surface area contributed by atoms with Crippen LogP contribution in [0.3, 0.4) is 0 Å². The molecule has 58 heavy (non-hydrogen) atoms. The summed E-state index contributed by atoms with van der Waals surface area (Å²) in [4.78, 5) is 18.2. The molecule has 0 amide bonds. The Hall–Kier alpha value is -6.69. The highest BCUT2D eigenvalue weighted by molar-refractivity contribution is 7.26. The van der Waals surface area contributed by atoms with Crippen LogP contribution in [0, 0.1) is 5.92 Å². The van der Waals surface area contributed by atoms with Crippen molar-refractivity contribution in [2.45, 2.75) is 32.2 Å². The maximum atomic E-state index is 5.28. The molecule has 0 fully saturated rings. The minimum atomic E-state index is -0.180. The highest BCUT2D eigenvalue weighted by atomic mass is 32.1. The van der Waals surface area contributed by atoms with Gasteiger partial charge in [0, 0.05) is 43.4 Å². The molecule has 0 N–H and O–H groups in total. The summed E-state index contributed by atoms with van der Waals surface area (Å²) < 4.78 is 2.57. The topological polar surface area (TPSA) is 41.9 Å². The molecule has 0 saturated heterocycles. The number of para-hydroxylation sites is 1. The van der Waals surface area contributed by atoms with Gasteiger partial charge in [-0.05, 0) is 77.8 Å². The zero-order valence-electron chi connectivity index (χ0n) is 32.4.